The first-order valence-electron chi connectivity index (χ1n) is 5.20. The Balaban J connectivity index is 2.27. The number of thiocarbonyl (C=S) groups is 1. The van der Waals surface area contributed by atoms with Crippen molar-refractivity contribution in [2.75, 3.05) is 5.75 Å². The topological polar surface area (TPSA) is 37.4 Å². The molecule has 1 aliphatic rings. The fourth-order valence-electron chi connectivity index (χ4n) is 1.53. The van der Waals surface area contributed by atoms with Gasteiger partial charge in [-0.3, -0.25) is 9.59 Å². The predicted octanol–water partition coefficient (Wildman–Crippen LogP) is 2.39. The quantitative estimate of drug-likeness (QED) is 0.577. The summed E-state index contributed by atoms with van der Waals surface area (Å²) in [5, 5.41) is 0. The van der Waals surface area contributed by atoms with E-state index in [0.717, 1.165) is 10.5 Å². The number of rotatable bonds is 1. The van der Waals surface area contributed by atoms with Gasteiger partial charge in [-0.25, -0.2) is 4.90 Å². The molecule has 0 bridgehead atoms. The Bertz CT molecular complexity index is 466. The standard InChI is InChI=1S/C12H11NO2S2/c1-8-2-4-9(5-3-8)11(15)13-10(14)6-7-17-12(13)16/h2-5H,6-7H2,1H3. The van der Waals surface area contributed by atoms with Crippen LogP contribution in [0.15, 0.2) is 24.3 Å². The lowest BCUT2D eigenvalue weighted by atomic mass is 10.1. The summed E-state index contributed by atoms with van der Waals surface area (Å²) in [7, 11) is 0. The summed E-state index contributed by atoms with van der Waals surface area (Å²) in [5.74, 6) is 0.126. The van der Waals surface area contributed by atoms with Gasteiger partial charge in [-0.2, -0.15) is 0 Å². The molecule has 1 aromatic rings. The number of amides is 2. The number of benzene rings is 1. The molecular weight excluding hydrogens is 254 g/mol. The first-order valence-corrected chi connectivity index (χ1v) is 6.59. The van der Waals surface area contributed by atoms with Crippen molar-refractivity contribution in [1.82, 2.24) is 4.90 Å². The molecule has 1 saturated heterocycles. The first kappa shape index (κ1) is 12.3. The molecule has 1 heterocycles. The molecule has 1 aliphatic heterocycles. The predicted molar refractivity (Wildman–Crippen MR) is 72.0 cm³/mol. The van der Waals surface area contributed by atoms with E-state index in [9.17, 15) is 9.59 Å². The molecule has 0 atom stereocenters. The minimum atomic E-state index is -0.327. The third kappa shape index (κ3) is 2.56. The number of thioether (sulfide) groups is 1. The summed E-state index contributed by atoms with van der Waals surface area (Å²) in [5.41, 5.74) is 1.57. The Hall–Kier alpha value is -1.20. The largest absolute Gasteiger partial charge is 0.274 e. The van der Waals surface area contributed by atoms with Crippen molar-refractivity contribution in [3.8, 4) is 0 Å². The first-order chi connectivity index (χ1) is 8.09. The van der Waals surface area contributed by atoms with E-state index in [4.69, 9.17) is 12.2 Å². The van der Waals surface area contributed by atoms with Crippen LogP contribution in [0.4, 0.5) is 0 Å². The maximum Gasteiger partial charge on any atom is 0.266 e. The zero-order valence-electron chi connectivity index (χ0n) is 9.30. The molecule has 17 heavy (non-hydrogen) atoms. The molecule has 1 fully saturated rings. The second-order valence-corrected chi connectivity index (χ2v) is 5.49. The highest BCUT2D eigenvalue weighted by atomic mass is 32.2. The molecule has 5 heteroatoms. The van der Waals surface area contributed by atoms with E-state index >= 15 is 0 Å². The maximum absolute atomic E-state index is 12.1. The highest BCUT2D eigenvalue weighted by Gasteiger charge is 2.30. The Morgan fingerprint density at radius 3 is 2.59 bits per heavy atom. The molecule has 88 valence electrons. The number of aryl methyl sites for hydroxylation is 1. The fourth-order valence-corrected chi connectivity index (χ4v) is 2.73. The van der Waals surface area contributed by atoms with Crippen LogP contribution in [0.3, 0.4) is 0 Å². The maximum atomic E-state index is 12.1. The van der Waals surface area contributed by atoms with Gasteiger partial charge in [0, 0.05) is 17.7 Å². The number of imide groups is 1. The van der Waals surface area contributed by atoms with Gasteiger partial charge in [-0.05, 0) is 19.1 Å². The molecule has 0 aliphatic carbocycles. The van der Waals surface area contributed by atoms with Crippen LogP contribution in [-0.4, -0.2) is 26.8 Å². The summed E-state index contributed by atoms with van der Waals surface area (Å²) in [6.07, 6.45) is 0.364. The summed E-state index contributed by atoms with van der Waals surface area (Å²) >= 11 is 6.43. The van der Waals surface area contributed by atoms with Gasteiger partial charge in [-0.1, -0.05) is 41.7 Å². The summed E-state index contributed by atoms with van der Waals surface area (Å²) in [4.78, 5) is 24.9. The number of nitrogens with zero attached hydrogens (tertiary/aromatic N) is 1. The average molecular weight is 265 g/mol. The van der Waals surface area contributed by atoms with Crippen LogP contribution >= 0.6 is 24.0 Å². The van der Waals surface area contributed by atoms with Gasteiger partial charge in [0.25, 0.3) is 5.91 Å². The zero-order valence-corrected chi connectivity index (χ0v) is 10.9. The SMILES string of the molecule is Cc1ccc(C(=O)N2C(=O)CCSC2=S)cc1. The lowest BCUT2D eigenvalue weighted by Crippen LogP contribution is -2.42. The van der Waals surface area contributed by atoms with Gasteiger partial charge in [0.15, 0.2) is 0 Å². The molecule has 2 rings (SSSR count). The van der Waals surface area contributed by atoms with Gasteiger partial charge in [0.1, 0.15) is 4.32 Å². The fraction of sp³-hybridized carbons (Fsp3) is 0.250. The van der Waals surface area contributed by atoms with E-state index in [2.05, 4.69) is 0 Å². The minimum absolute atomic E-state index is 0.209. The number of hydrogen-bond acceptors (Lipinski definition) is 4. The van der Waals surface area contributed by atoms with Crippen molar-refractivity contribution < 1.29 is 9.59 Å². The Morgan fingerprint density at radius 1 is 1.35 bits per heavy atom. The van der Waals surface area contributed by atoms with E-state index in [1.807, 2.05) is 19.1 Å². The smallest absolute Gasteiger partial charge is 0.266 e. The molecule has 1 aromatic carbocycles. The van der Waals surface area contributed by atoms with Gasteiger partial charge >= 0.3 is 0 Å². The van der Waals surface area contributed by atoms with Gasteiger partial charge < -0.3 is 0 Å². The lowest BCUT2D eigenvalue weighted by Gasteiger charge is -2.24. The molecule has 0 saturated carbocycles. The summed E-state index contributed by atoms with van der Waals surface area (Å²) in [6.45, 7) is 1.95. The average Bonchev–Trinajstić information content (AvgIpc) is 2.29. The van der Waals surface area contributed by atoms with E-state index in [1.54, 1.807) is 12.1 Å². The van der Waals surface area contributed by atoms with Crippen LogP contribution in [0.25, 0.3) is 0 Å². The molecule has 0 aromatic heterocycles. The Labute approximate surface area is 109 Å². The Kier molecular flexibility index (Phi) is 3.59. The lowest BCUT2D eigenvalue weighted by molar-refractivity contribution is -0.125. The van der Waals surface area contributed by atoms with E-state index in [1.165, 1.54) is 11.8 Å². The highest BCUT2D eigenvalue weighted by Crippen LogP contribution is 2.21. The van der Waals surface area contributed by atoms with Crippen molar-refractivity contribution >= 4 is 40.1 Å². The third-order valence-electron chi connectivity index (χ3n) is 2.48. The van der Waals surface area contributed by atoms with Crippen molar-refractivity contribution in [2.45, 2.75) is 13.3 Å². The van der Waals surface area contributed by atoms with Crippen LogP contribution in [0.1, 0.15) is 22.3 Å². The second-order valence-electron chi connectivity index (χ2n) is 3.76. The van der Waals surface area contributed by atoms with Crippen LogP contribution in [0.2, 0.25) is 0 Å². The summed E-state index contributed by atoms with van der Waals surface area (Å²) in [6, 6.07) is 7.12. The number of carbonyl (C=O) groups excluding carboxylic acids is 2. The van der Waals surface area contributed by atoms with Crippen LogP contribution in [-0.2, 0) is 4.79 Å². The molecule has 0 radical (unpaired) electrons. The van der Waals surface area contributed by atoms with Crippen LogP contribution in [0.5, 0.6) is 0 Å². The Morgan fingerprint density at radius 2 is 2.00 bits per heavy atom. The van der Waals surface area contributed by atoms with Crippen LogP contribution in [0, 0.1) is 6.92 Å². The van der Waals surface area contributed by atoms with Crippen molar-refractivity contribution in [2.24, 2.45) is 0 Å². The van der Waals surface area contributed by atoms with E-state index < -0.39 is 0 Å². The van der Waals surface area contributed by atoms with Gasteiger partial charge in [-0.15, -0.1) is 0 Å². The van der Waals surface area contributed by atoms with Crippen LogP contribution < -0.4 is 0 Å². The van der Waals surface area contributed by atoms with Gasteiger partial charge in [0.05, 0.1) is 0 Å². The normalized spacial score (nSPS) is 16.2. The molecule has 0 unspecified atom stereocenters. The van der Waals surface area contributed by atoms with Crippen molar-refractivity contribution in [3.05, 3.63) is 35.4 Å². The zero-order chi connectivity index (χ0) is 12.4. The molecular formula is C12H11NO2S2. The number of carbonyl (C=O) groups is 2. The van der Waals surface area contributed by atoms with Gasteiger partial charge in [0.2, 0.25) is 5.91 Å². The highest BCUT2D eigenvalue weighted by molar-refractivity contribution is 8.23. The molecule has 0 spiro atoms. The van der Waals surface area contributed by atoms with Crippen molar-refractivity contribution in [1.29, 1.82) is 0 Å². The second kappa shape index (κ2) is 4.98. The molecule has 2 amide bonds. The van der Waals surface area contributed by atoms with Crippen molar-refractivity contribution in [3.63, 3.8) is 0 Å². The third-order valence-corrected chi connectivity index (χ3v) is 3.85. The minimum Gasteiger partial charge on any atom is -0.274 e. The van der Waals surface area contributed by atoms with E-state index in [0.29, 0.717) is 22.1 Å². The summed E-state index contributed by atoms with van der Waals surface area (Å²) < 4.78 is 0.354. The molecule has 0 N–H and O–H groups in total. The molecule has 3 nitrogen and oxygen atoms in total. The number of hydrogen-bond donors (Lipinski definition) is 0. The van der Waals surface area contributed by atoms with E-state index in [-0.39, 0.29) is 11.8 Å². The monoisotopic (exact) mass is 265 g/mol.